The van der Waals surface area contributed by atoms with Crippen LogP contribution in [0.3, 0.4) is 0 Å². The van der Waals surface area contributed by atoms with Crippen molar-refractivity contribution in [2.24, 2.45) is 22.7 Å². The third-order valence-corrected chi connectivity index (χ3v) is 8.96. The van der Waals surface area contributed by atoms with Crippen molar-refractivity contribution in [2.75, 3.05) is 0 Å². The van der Waals surface area contributed by atoms with Crippen LogP contribution in [0.1, 0.15) is 59.3 Å². The summed E-state index contributed by atoms with van der Waals surface area (Å²) in [5, 5.41) is 56.2. The molecule has 152 valence electrons. The van der Waals surface area contributed by atoms with Crippen molar-refractivity contribution in [3.8, 4) is 0 Å². The third kappa shape index (κ3) is 2.06. The van der Waals surface area contributed by atoms with Gasteiger partial charge in [0.2, 0.25) is 0 Å². The van der Waals surface area contributed by atoms with Crippen molar-refractivity contribution >= 4 is 5.78 Å². The average molecular weight is 380 g/mol. The molecule has 0 aliphatic heterocycles. The molecule has 0 aromatic heterocycles. The Kier molecular flexibility index (Phi) is 4.07. The highest BCUT2D eigenvalue weighted by Gasteiger charge is 2.78. The molecule has 4 aliphatic carbocycles. The lowest BCUT2D eigenvalue weighted by Gasteiger charge is -2.68. The fourth-order valence-electron chi connectivity index (χ4n) is 7.48. The van der Waals surface area contributed by atoms with Gasteiger partial charge in [-0.25, -0.2) is 0 Å². The second kappa shape index (κ2) is 5.63. The molecule has 0 amide bonds. The minimum absolute atomic E-state index is 0.134. The molecule has 0 unspecified atom stereocenters. The monoisotopic (exact) mass is 380 g/mol. The minimum atomic E-state index is -1.65. The first kappa shape index (κ1) is 19.5. The van der Waals surface area contributed by atoms with Crippen molar-refractivity contribution in [1.29, 1.82) is 0 Å². The minimum Gasteiger partial charge on any atom is -0.390 e. The summed E-state index contributed by atoms with van der Waals surface area (Å²) < 4.78 is 0. The Morgan fingerprint density at radius 1 is 1.07 bits per heavy atom. The number of hydrogen-bond acceptors (Lipinski definition) is 6. The first-order valence-electron chi connectivity index (χ1n) is 10.1. The van der Waals surface area contributed by atoms with E-state index in [0.29, 0.717) is 25.7 Å². The van der Waals surface area contributed by atoms with Crippen LogP contribution >= 0.6 is 0 Å². The van der Waals surface area contributed by atoms with Gasteiger partial charge in [0.05, 0.1) is 18.3 Å². The standard InChI is InChI=1S/C21H32O6/c1-11(22)14-6-9-21(27)19(14,3)17(25)15(24)16-18(2)7-5-13(23)10-12(18)4-8-20(16,21)26/h10,13-17,23-27H,4-9H2,1-3H3/t13-,14+,15-,16-,17+,18-,19-,20-,21+/m0/s1. The normalized spacial score (nSPS) is 57.3. The predicted molar refractivity (Wildman–Crippen MR) is 97.6 cm³/mol. The second-order valence-corrected chi connectivity index (χ2v) is 9.90. The van der Waals surface area contributed by atoms with Gasteiger partial charge in [-0.15, -0.1) is 0 Å². The lowest BCUT2D eigenvalue weighted by molar-refractivity contribution is -0.331. The number of hydrogen-bond donors (Lipinski definition) is 5. The number of carbonyl (C=O) groups is 1. The Bertz CT molecular complexity index is 705. The van der Waals surface area contributed by atoms with E-state index in [9.17, 15) is 30.3 Å². The van der Waals surface area contributed by atoms with Crippen molar-refractivity contribution in [2.45, 2.75) is 88.8 Å². The van der Waals surface area contributed by atoms with E-state index in [1.165, 1.54) is 6.92 Å². The first-order chi connectivity index (χ1) is 12.4. The summed E-state index contributed by atoms with van der Waals surface area (Å²) in [6, 6.07) is 0. The van der Waals surface area contributed by atoms with Gasteiger partial charge in [0.15, 0.2) is 0 Å². The molecule has 0 heterocycles. The Morgan fingerprint density at radius 2 is 1.74 bits per heavy atom. The maximum absolute atomic E-state index is 12.3. The molecule has 5 N–H and O–H groups in total. The van der Waals surface area contributed by atoms with Crippen molar-refractivity contribution in [3.05, 3.63) is 11.6 Å². The lowest BCUT2D eigenvalue weighted by atomic mass is 9.41. The summed E-state index contributed by atoms with van der Waals surface area (Å²) in [5.41, 5.74) is -4.17. The molecule has 0 radical (unpaired) electrons. The zero-order chi connectivity index (χ0) is 20.0. The summed E-state index contributed by atoms with van der Waals surface area (Å²) in [6.45, 7) is 5.05. The molecule has 27 heavy (non-hydrogen) atoms. The number of carbonyl (C=O) groups excluding carboxylic acids is 1. The molecule has 4 rings (SSSR count). The summed E-state index contributed by atoms with van der Waals surface area (Å²) in [5.74, 6) is -1.49. The Labute approximate surface area is 159 Å². The molecule has 6 heteroatoms. The van der Waals surface area contributed by atoms with Gasteiger partial charge >= 0.3 is 0 Å². The van der Waals surface area contributed by atoms with Crippen LogP contribution in [0, 0.1) is 22.7 Å². The molecule has 6 nitrogen and oxygen atoms in total. The molecule has 0 saturated heterocycles. The van der Waals surface area contributed by atoms with Gasteiger partial charge in [-0.05, 0) is 50.9 Å². The molecule has 3 saturated carbocycles. The molecule has 0 bridgehead atoms. The van der Waals surface area contributed by atoms with Gasteiger partial charge in [0.25, 0.3) is 0 Å². The fraction of sp³-hybridized carbons (Fsp3) is 0.857. The van der Waals surface area contributed by atoms with Crippen molar-refractivity contribution in [1.82, 2.24) is 0 Å². The largest absolute Gasteiger partial charge is 0.390 e. The highest BCUT2D eigenvalue weighted by atomic mass is 16.4. The van der Waals surface area contributed by atoms with E-state index in [4.69, 9.17) is 0 Å². The van der Waals surface area contributed by atoms with Crippen molar-refractivity contribution < 1.29 is 30.3 Å². The highest BCUT2D eigenvalue weighted by molar-refractivity contribution is 5.80. The fourth-order valence-corrected chi connectivity index (χ4v) is 7.48. The molecular weight excluding hydrogens is 348 g/mol. The lowest BCUT2D eigenvalue weighted by Crippen LogP contribution is -2.79. The number of ketones is 1. The van der Waals surface area contributed by atoms with E-state index in [1.807, 2.05) is 13.0 Å². The molecular formula is C21H32O6. The average Bonchev–Trinajstić information content (AvgIpc) is 2.88. The number of fused-ring (bicyclic) bond motifs is 5. The van der Waals surface area contributed by atoms with E-state index in [1.54, 1.807) is 6.92 Å². The Morgan fingerprint density at radius 3 is 2.37 bits per heavy atom. The quantitative estimate of drug-likeness (QED) is 0.427. The van der Waals surface area contributed by atoms with Crippen LogP contribution in [0.2, 0.25) is 0 Å². The molecule has 0 spiro atoms. The van der Waals surface area contributed by atoms with Gasteiger partial charge in [-0.2, -0.15) is 0 Å². The van der Waals surface area contributed by atoms with Gasteiger partial charge in [0.1, 0.15) is 17.0 Å². The summed E-state index contributed by atoms with van der Waals surface area (Å²) >= 11 is 0. The maximum Gasteiger partial charge on any atom is 0.133 e. The SMILES string of the molecule is CC(=O)[C@H]1CC[C@@]2(O)[C@]1(C)[C@H](O)[C@@H](O)[C@H]1[C@@]3(C)CC[C@H](O)C=C3CC[C@]12O. The van der Waals surface area contributed by atoms with E-state index < -0.39 is 52.2 Å². The highest BCUT2D eigenvalue weighted by Crippen LogP contribution is 2.69. The van der Waals surface area contributed by atoms with Crippen LogP contribution in [0.5, 0.6) is 0 Å². The number of aliphatic hydroxyl groups excluding tert-OH is 3. The third-order valence-electron chi connectivity index (χ3n) is 8.96. The van der Waals surface area contributed by atoms with Crippen LogP contribution in [0.25, 0.3) is 0 Å². The zero-order valence-electron chi connectivity index (χ0n) is 16.4. The van der Waals surface area contributed by atoms with Crippen LogP contribution in [0.15, 0.2) is 11.6 Å². The number of aliphatic hydroxyl groups is 5. The summed E-state index contributed by atoms with van der Waals surface area (Å²) in [6.07, 6.45) is 1.16. The van der Waals surface area contributed by atoms with Crippen LogP contribution in [-0.4, -0.2) is 60.8 Å². The smallest absolute Gasteiger partial charge is 0.133 e. The zero-order valence-corrected chi connectivity index (χ0v) is 16.4. The van der Waals surface area contributed by atoms with Crippen molar-refractivity contribution in [3.63, 3.8) is 0 Å². The van der Waals surface area contributed by atoms with E-state index >= 15 is 0 Å². The summed E-state index contributed by atoms with van der Waals surface area (Å²) in [4.78, 5) is 12.3. The number of allylic oxidation sites excluding steroid dienone is 1. The van der Waals surface area contributed by atoms with Gasteiger partial charge < -0.3 is 25.5 Å². The topological polar surface area (TPSA) is 118 Å². The second-order valence-electron chi connectivity index (χ2n) is 9.90. The predicted octanol–water partition coefficient (Wildman–Crippen LogP) is 0.687. The molecule has 4 aliphatic rings. The van der Waals surface area contributed by atoms with E-state index in [0.717, 1.165) is 5.57 Å². The van der Waals surface area contributed by atoms with Crippen LogP contribution in [0.4, 0.5) is 0 Å². The summed E-state index contributed by atoms with van der Waals surface area (Å²) in [7, 11) is 0. The number of Topliss-reactive ketones (excluding diaryl/α,β-unsaturated/α-hetero) is 1. The Balaban J connectivity index is 1.89. The molecule has 0 aromatic carbocycles. The molecule has 0 aromatic rings. The van der Waals surface area contributed by atoms with Crippen LogP contribution < -0.4 is 0 Å². The Hall–Kier alpha value is -0.790. The molecule has 9 atom stereocenters. The van der Waals surface area contributed by atoms with Crippen LogP contribution in [-0.2, 0) is 4.79 Å². The first-order valence-corrected chi connectivity index (χ1v) is 10.1. The van der Waals surface area contributed by atoms with Gasteiger partial charge in [-0.3, -0.25) is 4.79 Å². The van der Waals surface area contributed by atoms with E-state index in [2.05, 4.69) is 0 Å². The van der Waals surface area contributed by atoms with Gasteiger partial charge in [-0.1, -0.05) is 25.5 Å². The van der Waals surface area contributed by atoms with Gasteiger partial charge in [0, 0.05) is 17.3 Å². The van der Waals surface area contributed by atoms with E-state index in [-0.39, 0.29) is 18.6 Å². The maximum atomic E-state index is 12.3. The molecule has 3 fully saturated rings. The number of rotatable bonds is 1.